The van der Waals surface area contributed by atoms with E-state index in [9.17, 15) is 9.59 Å². The summed E-state index contributed by atoms with van der Waals surface area (Å²) in [6.07, 6.45) is 8.16. The van der Waals surface area contributed by atoms with Crippen LogP contribution >= 0.6 is 0 Å². The van der Waals surface area contributed by atoms with E-state index in [0.717, 1.165) is 25.7 Å². The Hall–Kier alpha value is -1.82. The maximum absolute atomic E-state index is 13.1. The number of nitrogens with one attached hydrogen (secondary N) is 1. The molecule has 3 fully saturated rings. The smallest absolute Gasteiger partial charge is 0.270 e. The Morgan fingerprint density at radius 1 is 1.23 bits per heavy atom. The Kier molecular flexibility index (Phi) is 4.78. The number of aromatic nitrogens is 1. The summed E-state index contributed by atoms with van der Waals surface area (Å²) in [5.74, 6) is 0.0386. The molecule has 1 saturated carbocycles. The number of aryl methyl sites for hydroxylation is 1. The van der Waals surface area contributed by atoms with E-state index in [-0.39, 0.29) is 23.1 Å². The number of carbonyl (C=O) groups excluding carboxylic acids is 2. The molecule has 1 N–H and O–H groups in total. The first-order valence-electron chi connectivity index (χ1n) is 9.88. The van der Waals surface area contributed by atoms with Gasteiger partial charge in [0.05, 0.1) is 5.92 Å². The molecule has 0 radical (unpaired) electrons. The zero-order chi connectivity index (χ0) is 18.1. The van der Waals surface area contributed by atoms with Crippen molar-refractivity contribution in [2.45, 2.75) is 44.6 Å². The quantitative estimate of drug-likeness (QED) is 0.897. The van der Waals surface area contributed by atoms with Crippen molar-refractivity contribution in [1.29, 1.82) is 0 Å². The minimum Gasteiger partial charge on any atom is -0.381 e. The minimum absolute atomic E-state index is 0.0273. The van der Waals surface area contributed by atoms with E-state index in [1.807, 2.05) is 34.8 Å². The SMILES string of the molecule is Cn1cccc1C(=O)N1CC(C(=O)NC2CCCC2)C2(CCOCC2)C1. The molecule has 2 aliphatic heterocycles. The summed E-state index contributed by atoms with van der Waals surface area (Å²) in [7, 11) is 1.89. The highest BCUT2D eigenvalue weighted by Gasteiger charge is 2.52. The molecule has 6 nitrogen and oxygen atoms in total. The number of carbonyl (C=O) groups is 2. The lowest BCUT2D eigenvalue weighted by Crippen LogP contribution is -2.46. The van der Waals surface area contributed by atoms with Gasteiger partial charge in [-0.25, -0.2) is 0 Å². The van der Waals surface area contributed by atoms with Crippen LogP contribution in [0.2, 0.25) is 0 Å². The molecule has 3 heterocycles. The van der Waals surface area contributed by atoms with E-state index in [2.05, 4.69) is 5.32 Å². The zero-order valence-electron chi connectivity index (χ0n) is 15.6. The van der Waals surface area contributed by atoms with Crippen molar-refractivity contribution in [3.63, 3.8) is 0 Å². The van der Waals surface area contributed by atoms with E-state index < -0.39 is 0 Å². The first kappa shape index (κ1) is 17.6. The van der Waals surface area contributed by atoms with Crippen LogP contribution < -0.4 is 5.32 Å². The lowest BCUT2D eigenvalue weighted by Gasteiger charge is -2.37. The number of amides is 2. The summed E-state index contributed by atoms with van der Waals surface area (Å²) >= 11 is 0. The van der Waals surface area contributed by atoms with Crippen LogP contribution in [0.4, 0.5) is 0 Å². The van der Waals surface area contributed by atoms with E-state index in [1.165, 1.54) is 12.8 Å². The first-order valence-corrected chi connectivity index (χ1v) is 9.88. The number of likely N-dealkylation sites (tertiary alicyclic amines) is 1. The van der Waals surface area contributed by atoms with Gasteiger partial charge in [-0.05, 0) is 37.8 Å². The second kappa shape index (κ2) is 7.06. The molecule has 4 rings (SSSR count). The molecule has 2 saturated heterocycles. The molecule has 0 aromatic carbocycles. The fraction of sp³-hybridized carbons (Fsp3) is 0.700. The fourth-order valence-electron chi connectivity index (χ4n) is 4.99. The second-order valence-corrected chi connectivity index (χ2v) is 8.21. The predicted molar refractivity (Wildman–Crippen MR) is 97.7 cm³/mol. The van der Waals surface area contributed by atoms with E-state index in [0.29, 0.717) is 38.0 Å². The van der Waals surface area contributed by atoms with Crippen LogP contribution in [0.25, 0.3) is 0 Å². The van der Waals surface area contributed by atoms with Crippen molar-refractivity contribution < 1.29 is 14.3 Å². The normalized spacial score (nSPS) is 25.7. The van der Waals surface area contributed by atoms with Crippen LogP contribution in [0.1, 0.15) is 49.0 Å². The van der Waals surface area contributed by atoms with Gasteiger partial charge < -0.3 is 19.5 Å². The maximum atomic E-state index is 13.1. The molecule has 1 atom stereocenters. The summed E-state index contributed by atoms with van der Waals surface area (Å²) in [6, 6.07) is 4.06. The molecule has 1 aliphatic carbocycles. The lowest BCUT2D eigenvalue weighted by molar-refractivity contribution is -0.130. The van der Waals surface area contributed by atoms with Gasteiger partial charge in [0, 0.05) is 51.0 Å². The van der Waals surface area contributed by atoms with Crippen LogP contribution in [0.15, 0.2) is 18.3 Å². The number of nitrogens with zero attached hydrogens (tertiary/aromatic N) is 2. The third-order valence-corrected chi connectivity index (χ3v) is 6.60. The Morgan fingerprint density at radius 2 is 1.96 bits per heavy atom. The molecule has 3 aliphatic rings. The molecule has 142 valence electrons. The lowest BCUT2D eigenvalue weighted by atomic mass is 9.71. The fourth-order valence-corrected chi connectivity index (χ4v) is 4.99. The van der Waals surface area contributed by atoms with Crippen molar-refractivity contribution in [1.82, 2.24) is 14.8 Å². The van der Waals surface area contributed by atoms with Crippen LogP contribution in [0.5, 0.6) is 0 Å². The molecule has 2 amide bonds. The number of hydrogen-bond acceptors (Lipinski definition) is 3. The third kappa shape index (κ3) is 3.15. The molecule has 26 heavy (non-hydrogen) atoms. The van der Waals surface area contributed by atoms with E-state index in [1.54, 1.807) is 0 Å². The van der Waals surface area contributed by atoms with Crippen LogP contribution in [-0.2, 0) is 16.6 Å². The van der Waals surface area contributed by atoms with Crippen molar-refractivity contribution >= 4 is 11.8 Å². The van der Waals surface area contributed by atoms with E-state index >= 15 is 0 Å². The van der Waals surface area contributed by atoms with Crippen LogP contribution in [0, 0.1) is 11.3 Å². The van der Waals surface area contributed by atoms with Gasteiger partial charge in [0.15, 0.2) is 0 Å². The summed E-state index contributed by atoms with van der Waals surface area (Å²) in [4.78, 5) is 28.0. The maximum Gasteiger partial charge on any atom is 0.270 e. The number of hydrogen-bond donors (Lipinski definition) is 1. The van der Waals surface area contributed by atoms with Gasteiger partial charge in [-0.15, -0.1) is 0 Å². The van der Waals surface area contributed by atoms with Crippen molar-refractivity contribution in [3.05, 3.63) is 24.0 Å². The molecular formula is C20H29N3O3. The largest absolute Gasteiger partial charge is 0.381 e. The Bertz CT molecular complexity index is 672. The van der Waals surface area contributed by atoms with E-state index in [4.69, 9.17) is 4.74 Å². The number of ether oxygens (including phenoxy) is 1. The van der Waals surface area contributed by atoms with Crippen LogP contribution in [0.3, 0.4) is 0 Å². The first-order chi connectivity index (χ1) is 12.6. The van der Waals surface area contributed by atoms with Crippen LogP contribution in [-0.4, -0.2) is 53.6 Å². The second-order valence-electron chi connectivity index (χ2n) is 8.21. The Labute approximate surface area is 154 Å². The molecule has 1 aromatic heterocycles. The van der Waals surface area contributed by atoms with Gasteiger partial charge in [-0.1, -0.05) is 12.8 Å². The average Bonchev–Trinajstić information content (AvgIpc) is 3.36. The molecule has 1 unspecified atom stereocenters. The molecule has 1 spiro atoms. The highest BCUT2D eigenvalue weighted by Crippen LogP contribution is 2.45. The van der Waals surface area contributed by atoms with Gasteiger partial charge in [0.2, 0.25) is 5.91 Å². The molecule has 1 aromatic rings. The summed E-state index contributed by atoms with van der Waals surface area (Å²) in [6.45, 7) is 2.53. The van der Waals surface area contributed by atoms with Crippen molar-refractivity contribution in [3.8, 4) is 0 Å². The van der Waals surface area contributed by atoms with Gasteiger partial charge in [0.25, 0.3) is 5.91 Å². The number of rotatable bonds is 3. The minimum atomic E-state index is -0.137. The van der Waals surface area contributed by atoms with Gasteiger partial charge in [0.1, 0.15) is 5.69 Å². The molecule has 6 heteroatoms. The topological polar surface area (TPSA) is 63.6 Å². The summed E-state index contributed by atoms with van der Waals surface area (Å²) in [5, 5.41) is 3.28. The highest BCUT2D eigenvalue weighted by atomic mass is 16.5. The van der Waals surface area contributed by atoms with Crippen molar-refractivity contribution in [2.75, 3.05) is 26.3 Å². The monoisotopic (exact) mass is 359 g/mol. The third-order valence-electron chi connectivity index (χ3n) is 6.60. The van der Waals surface area contributed by atoms with Gasteiger partial charge in [-0.3, -0.25) is 9.59 Å². The summed E-state index contributed by atoms with van der Waals surface area (Å²) < 4.78 is 7.42. The summed E-state index contributed by atoms with van der Waals surface area (Å²) in [5.41, 5.74) is 0.547. The Morgan fingerprint density at radius 3 is 2.62 bits per heavy atom. The predicted octanol–water partition coefficient (Wildman–Crippen LogP) is 1.95. The molecule has 0 bridgehead atoms. The van der Waals surface area contributed by atoms with Crippen molar-refractivity contribution in [2.24, 2.45) is 18.4 Å². The average molecular weight is 359 g/mol. The van der Waals surface area contributed by atoms with Gasteiger partial charge >= 0.3 is 0 Å². The highest BCUT2D eigenvalue weighted by molar-refractivity contribution is 5.94. The zero-order valence-corrected chi connectivity index (χ0v) is 15.6. The van der Waals surface area contributed by atoms with Gasteiger partial charge in [-0.2, -0.15) is 0 Å². The standard InChI is InChI=1S/C20H29N3O3/c1-22-10-4-7-17(22)19(25)23-13-16(18(24)21-15-5-2-3-6-15)20(14-23)8-11-26-12-9-20/h4,7,10,15-16H,2-3,5-6,8-9,11-14H2,1H3,(H,21,24). The molecular weight excluding hydrogens is 330 g/mol. The Balaban J connectivity index is 1.53.